The fourth-order valence-electron chi connectivity index (χ4n) is 2.77. The third kappa shape index (κ3) is 2.99. The fraction of sp³-hybridized carbons (Fsp3) is 0.222. The van der Waals surface area contributed by atoms with Gasteiger partial charge < -0.3 is 5.32 Å². The van der Waals surface area contributed by atoms with Crippen molar-refractivity contribution in [2.45, 2.75) is 26.3 Å². The summed E-state index contributed by atoms with van der Waals surface area (Å²) < 4.78 is 0. The van der Waals surface area contributed by atoms with Crippen molar-refractivity contribution in [2.24, 2.45) is 0 Å². The molecule has 1 heterocycles. The van der Waals surface area contributed by atoms with Gasteiger partial charge >= 0.3 is 0 Å². The lowest BCUT2D eigenvalue weighted by molar-refractivity contribution is -0.121. The van der Waals surface area contributed by atoms with Gasteiger partial charge in [-0.1, -0.05) is 35.3 Å². The zero-order chi connectivity index (χ0) is 17.4. The Labute approximate surface area is 150 Å². The van der Waals surface area contributed by atoms with Crippen LogP contribution in [-0.4, -0.2) is 17.9 Å². The molecule has 2 aromatic rings. The molecule has 1 aliphatic rings. The molecule has 2 aromatic carbocycles. The maximum atomic E-state index is 12.7. The van der Waals surface area contributed by atoms with E-state index in [4.69, 9.17) is 23.2 Å². The zero-order valence-electron chi connectivity index (χ0n) is 13.3. The average molecular weight is 363 g/mol. The van der Waals surface area contributed by atoms with Gasteiger partial charge in [0.2, 0.25) is 5.91 Å². The summed E-state index contributed by atoms with van der Waals surface area (Å²) in [5.41, 5.74) is 3.17. The monoisotopic (exact) mass is 362 g/mol. The van der Waals surface area contributed by atoms with Crippen molar-refractivity contribution in [1.82, 2.24) is 0 Å². The van der Waals surface area contributed by atoms with E-state index in [1.165, 1.54) is 4.90 Å². The number of carbonyl (C=O) groups excluding carboxylic acids is 2. The van der Waals surface area contributed by atoms with E-state index in [-0.39, 0.29) is 18.2 Å². The molecule has 0 bridgehead atoms. The topological polar surface area (TPSA) is 49.4 Å². The van der Waals surface area contributed by atoms with Gasteiger partial charge in [-0.25, -0.2) is 4.90 Å². The molecule has 1 aliphatic heterocycles. The van der Waals surface area contributed by atoms with E-state index in [2.05, 4.69) is 5.32 Å². The van der Waals surface area contributed by atoms with Crippen LogP contribution in [0.25, 0.3) is 0 Å². The third-order valence-electron chi connectivity index (χ3n) is 4.22. The molecule has 1 atom stereocenters. The highest BCUT2D eigenvalue weighted by atomic mass is 35.5. The van der Waals surface area contributed by atoms with Gasteiger partial charge in [0.25, 0.3) is 5.91 Å². The van der Waals surface area contributed by atoms with Crippen LogP contribution in [0.1, 0.15) is 17.5 Å². The number of nitrogens with one attached hydrogen (secondary N) is 1. The minimum absolute atomic E-state index is 0.0885. The highest BCUT2D eigenvalue weighted by Crippen LogP contribution is 2.31. The first-order valence-electron chi connectivity index (χ1n) is 7.53. The second-order valence-electron chi connectivity index (χ2n) is 5.81. The molecule has 0 saturated carbocycles. The van der Waals surface area contributed by atoms with Crippen LogP contribution in [0.3, 0.4) is 0 Å². The van der Waals surface area contributed by atoms with Gasteiger partial charge in [-0.05, 0) is 49.2 Å². The Morgan fingerprint density at radius 2 is 1.88 bits per heavy atom. The van der Waals surface area contributed by atoms with Crippen LogP contribution in [-0.2, 0) is 9.59 Å². The molecule has 24 heavy (non-hydrogen) atoms. The number of imide groups is 1. The van der Waals surface area contributed by atoms with Gasteiger partial charge in [-0.15, -0.1) is 0 Å². The van der Waals surface area contributed by atoms with Crippen molar-refractivity contribution < 1.29 is 9.59 Å². The summed E-state index contributed by atoms with van der Waals surface area (Å²) in [4.78, 5) is 26.4. The number of amides is 2. The first-order chi connectivity index (χ1) is 11.4. The number of aryl methyl sites for hydroxylation is 1. The van der Waals surface area contributed by atoms with Gasteiger partial charge in [0.15, 0.2) is 0 Å². The lowest BCUT2D eigenvalue weighted by Crippen LogP contribution is -2.35. The molecule has 1 saturated heterocycles. The number of halogens is 2. The summed E-state index contributed by atoms with van der Waals surface area (Å²) in [5.74, 6) is -0.504. The van der Waals surface area contributed by atoms with E-state index in [0.29, 0.717) is 21.4 Å². The fourth-order valence-corrected chi connectivity index (χ4v) is 3.23. The lowest BCUT2D eigenvalue weighted by atomic mass is 10.1. The maximum Gasteiger partial charge on any atom is 0.256 e. The molecule has 0 spiro atoms. The van der Waals surface area contributed by atoms with Gasteiger partial charge in [0, 0.05) is 5.02 Å². The SMILES string of the molecule is Cc1cccc(N2C(=O)C[C@@H](Nc3ccc(Cl)cc3Cl)C2=O)c1C. The summed E-state index contributed by atoms with van der Waals surface area (Å²) in [5, 5.41) is 3.97. The predicted octanol–water partition coefficient (Wildman–Crippen LogP) is 4.35. The highest BCUT2D eigenvalue weighted by Gasteiger charge is 2.40. The number of nitrogens with zero attached hydrogens (tertiary/aromatic N) is 1. The molecule has 124 valence electrons. The Bertz CT molecular complexity index is 836. The average Bonchev–Trinajstić information content (AvgIpc) is 2.80. The number of rotatable bonds is 3. The van der Waals surface area contributed by atoms with Crippen molar-refractivity contribution >= 4 is 46.4 Å². The van der Waals surface area contributed by atoms with Crippen LogP contribution in [0.15, 0.2) is 36.4 Å². The number of benzene rings is 2. The highest BCUT2D eigenvalue weighted by molar-refractivity contribution is 6.36. The minimum atomic E-state index is -0.643. The van der Waals surface area contributed by atoms with Crippen LogP contribution in [0.4, 0.5) is 11.4 Å². The molecule has 4 nitrogen and oxygen atoms in total. The Balaban J connectivity index is 1.88. The number of hydrogen-bond acceptors (Lipinski definition) is 3. The summed E-state index contributed by atoms with van der Waals surface area (Å²) in [6.07, 6.45) is 0.0885. The molecule has 0 aliphatic carbocycles. The molecule has 3 rings (SSSR count). The van der Waals surface area contributed by atoms with Crippen molar-refractivity contribution in [3.63, 3.8) is 0 Å². The normalized spacial score (nSPS) is 17.5. The summed E-state index contributed by atoms with van der Waals surface area (Å²) in [6, 6.07) is 9.91. The molecule has 2 amide bonds. The van der Waals surface area contributed by atoms with Crippen molar-refractivity contribution in [2.75, 3.05) is 10.2 Å². The van der Waals surface area contributed by atoms with E-state index < -0.39 is 6.04 Å². The van der Waals surface area contributed by atoms with E-state index in [9.17, 15) is 9.59 Å². The Morgan fingerprint density at radius 3 is 2.58 bits per heavy atom. The summed E-state index contributed by atoms with van der Waals surface area (Å²) in [6.45, 7) is 3.86. The lowest BCUT2D eigenvalue weighted by Gasteiger charge is -2.19. The Kier molecular flexibility index (Phi) is 4.52. The van der Waals surface area contributed by atoms with E-state index in [0.717, 1.165) is 11.1 Å². The third-order valence-corrected chi connectivity index (χ3v) is 4.77. The second kappa shape index (κ2) is 6.46. The molecule has 0 aromatic heterocycles. The van der Waals surface area contributed by atoms with Crippen LogP contribution >= 0.6 is 23.2 Å². The van der Waals surface area contributed by atoms with Crippen molar-refractivity contribution in [3.05, 3.63) is 57.6 Å². The number of anilines is 2. The second-order valence-corrected chi connectivity index (χ2v) is 6.66. The largest absolute Gasteiger partial charge is 0.372 e. The van der Waals surface area contributed by atoms with Crippen molar-refractivity contribution in [3.8, 4) is 0 Å². The summed E-state index contributed by atoms with van der Waals surface area (Å²) in [7, 11) is 0. The van der Waals surface area contributed by atoms with Crippen LogP contribution < -0.4 is 10.2 Å². The van der Waals surface area contributed by atoms with Crippen LogP contribution in [0.5, 0.6) is 0 Å². The standard InChI is InChI=1S/C18H16Cl2N2O2/c1-10-4-3-5-16(11(10)2)22-17(23)9-15(18(22)24)21-14-7-6-12(19)8-13(14)20/h3-8,15,21H,9H2,1-2H3/t15-/m1/s1. The molecular weight excluding hydrogens is 347 g/mol. The maximum absolute atomic E-state index is 12.7. The number of carbonyl (C=O) groups is 2. The van der Waals surface area contributed by atoms with Gasteiger partial charge in [0.05, 0.1) is 22.8 Å². The zero-order valence-corrected chi connectivity index (χ0v) is 14.8. The molecule has 0 unspecified atom stereocenters. The smallest absolute Gasteiger partial charge is 0.256 e. The molecule has 0 radical (unpaired) electrons. The first kappa shape index (κ1) is 16.8. The quantitative estimate of drug-likeness (QED) is 0.825. The summed E-state index contributed by atoms with van der Waals surface area (Å²) >= 11 is 12.0. The molecule has 1 fully saturated rings. The molecule has 6 heteroatoms. The van der Waals surface area contributed by atoms with Crippen molar-refractivity contribution in [1.29, 1.82) is 0 Å². The van der Waals surface area contributed by atoms with E-state index in [1.807, 2.05) is 26.0 Å². The van der Waals surface area contributed by atoms with E-state index >= 15 is 0 Å². The molecule has 1 N–H and O–H groups in total. The van der Waals surface area contributed by atoms with Gasteiger partial charge in [-0.3, -0.25) is 9.59 Å². The van der Waals surface area contributed by atoms with Gasteiger partial charge in [-0.2, -0.15) is 0 Å². The van der Waals surface area contributed by atoms with Crippen LogP contribution in [0, 0.1) is 13.8 Å². The van der Waals surface area contributed by atoms with Crippen LogP contribution in [0.2, 0.25) is 10.0 Å². The van der Waals surface area contributed by atoms with E-state index in [1.54, 1.807) is 24.3 Å². The minimum Gasteiger partial charge on any atom is -0.372 e. The van der Waals surface area contributed by atoms with Gasteiger partial charge in [0.1, 0.15) is 6.04 Å². The molecular formula is C18H16Cl2N2O2. The number of hydrogen-bond donors (Lipinski definition) is 1. The Morgan fingerprint density at radius 1 is 1.12 bits per heavy atom. The first-order valence-corrected chi connectivity index (χ1v) is 8.28. The Hall–Kier alpha value is -2.04. The predicted molar refractivity (Wildman–Crippen MR) is 96.9 cm³/mol.